The lowest BCUT2D eigenvalue weighted by Crippen LogP contribution is -2.13. The molecule has 0 saturated heterocycles. The Labute approximate surface area is 284 Å². The summed E-state index contributed by atoms with van der Waals surface area (Å²) in [6.07, 6.45) is 0. The summed E-state index contributed by atoms with van der Waals surface area (Å²) in [6, 6.07) is 64.5. The molecule has 0 radical (unpaired) electrons. The summed E-state index contributed by atoms with van der Waals surface area (Å²) in [5.41, 5.74) is 11.6. The lowest BCUT2D eigenvalue weighted by atomic mass is 9.84. The number of fused-ring (bicyclic) bond motifs is 4. The quantitative estimate of drug-likeness (QED) is 0.185. The Kier molecular flexibility index (Phi) is 7.22. The first-order valence-electron chi connectivity index (χ1n) is 16.1. The van der Waals surface area contributed by atoms with Gasteiger partial charge in [-0.25, -0.2) is 0 Å². The van der Waals surface area contributed by atoms with Crippen LogP contribution in [0.4, 0.5) is 17.1 Å². The van der Waals surface area contributed by atoms with Crippen LogP contribution in [-0.4, -0.2) is 0 Å². The fourth-order valence-corrected chi connectivity index (χ4v) is 9.47. The van der Waals surface area contributed by atoms with E-state index in [9.17, 15) is 0 Å². The van der Waals surface area contributed by atoms with E-state index in [0.29, 0.717) is 0 Å². The molecule has 0 amide bonds. The molecule has 0 spiro atoms. The van der Waals surface area contributed by atoms with E-state index < -0.39 is 0 Å². The molecule has 2 heterocycles. The third-order valence-corrected chi connectivity index (χ3v) is 11.7. The van der Waals surface area contributed by atoms with E-state index in [1.54, 1.807) is 0 Å². The SMILES string of the molecule is c1ccc(N(c2ccc(C3c4ccccc4Sc4ccccc43)cc2)c2ccc(C3c4ccccc4Sc4ccccc43)cc2)cc1. The largest absolute Gasteiger partial charge is 0.311 e. The zero-order valence-corrected chi connectivity index (χ0v) is 27.3. The summed E-state index contributed by atoms with van der Waals surface area (Å²) < 4.78 is 0. The van der Waals surface area contributed by atoms with Gasteiger partial charge in [0.05, 0.1) is 0 Å². The fraction of sp³-hybridized carbons (Fsp3) is 0.0455. The average Bonchev–Trinajstić information content (AvgIpc) is 3.14. The lowest BCUT2D eigenvalue weighted by molar-refractivity contribution is 0.901. The number of rotatable bonds is 5. The Bertz CT molecular complexity index is 1970. The first-order valence-corrected chi connectivity index (χ1v) is 17.7. The van der Waals surface area contributed by atoms with E-state index in [1.807, 2.05) is 23.5 Å². The number of para-hydroxylation sites is 1. The van der Waals surface area contributed by atoms with Crippen LogP contribution >= 0.6 is 23.5 Å². The van der Waals surface area contributed by atoms with Crippen molar-refractivity contribution >= 4 is 40.6 Å². The molecule has 7 aromatic rings. The highest BCUT2D eigenvalue weighted by Gasteiger charge is 2.29. The van der Waals surface area contributed by atoms with E-state index in [-0.39, 0.29) is 11.8 Å². The predicted molar refractivity (Wildman–Crippen MR) is 197 cm³/mol. The summed E-state index contributed by atoms with van der Waals surface area (Å²) in [6.45, 7) is 0. The van der Waals surface area contributed by atoms with Crippen molar-refractivity contribution in [3.63, 3.8) is 0 Å². The van der Waals surface area contributed by atoms with Crippen LogP contribution in [0.15, 0.2) is 196 Å². The molecular formula is C44H31NS2. The van der Waals surface area contributed by atoms with Gasteiger partial charge >= 0.3 is 0 Å². The van der Waals surface area contributed by atoms with Crippen molar-refractivity contribution in [3.05, 3.63) is 209 Å². The van der Waals surface area contributed by atoms with Crippen LogP contribution in [0.5, 0.6) is 0 Å². The number of hydrogen-bond acceptors (Lipinski definition) is 3. The maximum Gasteiger partial charge on any atom is 0.0461 e. The first kappa shape index (κ1) is 28.3. The van der Waals surface area contributed by atoms with Gasteiger partial charge in [0, 0.05) is 48.5 Å². The number of benzene rings is 7. The van der Waals surface area contributed by atoms with Gasteiger partial charge in [-0.15, -0.1) is 0 Å². The van der Waals surface area contributed by atoms with Crippen LogP contribution in [0.2, 0.25) is 0 Å². The molecule has 3 heteroatoms. The zero-order valence-electron chi connectivity index (χ0n) is 25.7. The number of anilines is 3. The molecule has 7 aromatic carbocycles. The Hall–Kier alpha value is -4.96. The summed E-state index contributed by atoms with van der Waals surface area (Å²) in [7, 11) is 0. The first-order chi connectivity index (χ1) is 23.3. The van der Waals surface area contributed by atoms with Crippen molar-refractivity contribution < 1.29 is 0 Å². The molecule has 0 aliphatic carbocycles. The highest BCUT2D eigenvalue weighted by atomic mass is 32.2. The maximum absolute atomic E-state index is 2.37. The summed E-state index contributed by atoms with van der Waals surface area (Å²) >= 11 is 3.76. The van der Waals surface area contributed by atoms with Crippen LogP contribution in [0.1, 0.15) is 45.2 Å². The van der Waals surface area contributed by atoms with Crippen LogP contribution in [0, 0.1) is 0 Å². The summed E-state index contributed by atoms with van der Waals surface area (Å²) in [4.78, 5) is 7.73. The van der Waals surface area contributed by atoms with E-state index in [4.69, 9.17) is 0 Å². The molecule has 2 aliphatic heterocycles. The van der Waals surface area contributed by atoms with Crippen molar-refractivity contribution in [3.8, 4) is 0 Å². The van der Waals surface area contributed by atoms with Gasteiger partial charge in [-0.05, 0) is 94.0 Å². The third kappa shape index (κ3) is 5.07. The zero-order chi connectivity index (χ0) is 31.2. The molecule has 0 unspecified atom stereocenters. The third-order valence-electron chi connectivity index (χ3n) is 9.34. The topological polar surface area (TPSA) is 3.24 Å². The molecular weight excluding hydrogens is 607 g/mol. The molecule has 0 fully saturated rings. The molecule has 224 valence electrons. The highest BCUT2D eigenvalue weighted by Crippen LogP contribution is 2.50. The Morgan fingerprint density at radius 3 is 0.957 bits per heavy atom. The van der Waals surface area contributed by atoms with Gasteiger partial charge in [0.2, 0.25) is 0 Å². The minimum absolute atomic E-state index is 0.210. The van der Waals surface area contributed by atoms with Gasteiger partial charge in [-0.2, -0.15) is 0 Å². The minimum atomic E-state index is 0.210. The van der Waals surface area contributed by atoms with Crippen molar-refractivity contribution in [2.45, 2.75) is 31.4 Å². The molecule has 2 aliphatic rings. The standard InChI is InChI=1S/C44H31NS2/c1-2-12-32(13-3-1)45(33-26-22-30(23-27-33)43-35-14-4-8-18-39(35)46-40-19-9-5-15-36(40)43)34-28-24-31(25-29-34)44-37-16-6-10-20-41(37)47-42-21-11-7-17-38(42)44/h1-29,43-44H. The number of nitrogens with zero attached hydrogens (tertiary/aromatic N) is 1. The lowest BCUT2D eigenvalue weighted by Gasteiger charge is -2.30. The fourth-order valence-electron chi connectivity index (χ4n) is 7.19. The molecule has 0 bridgehead atoms. The predicted octanol–water partition coefficient (Wildman–Crippen LogP) is 12.4. The van der Waals surface area contributed by atoms with E-state index >= 15 is 0 Å². The molecule has 0 saturated carbocycles. The van der Waals surface area contributed by atoms with Gasteiger partial charge in [-0.1, -0.05) is 139 Å². The van der Waals surface area contributed by atoms with Crippen molar-refractivity contribution in [2.24, 2.45) is 0 Å². The molecule has 0 N–H and O–H groups in total. The van der Waals surface area contributed by atoms with E-state index in [2.05, 4.69) is 181 Å². The van der Waals surface area contributed by atoms with Crippen molar-refractivity contribution in [2.75, 3.05) is 4.90 Å². The molecule has 9 rings (SSSR count). The van der Waals surface area contributed by atoms with Crippen LogP contribution in [-0.2, 0) is 0 Å². The smallest absolute Gasteiger partial charge is 0.0461 e. The van der Waals surface area contributed by atoms with Crippen LogP contribution in [0.25, 0.3) is 0 Å². The van der Waals surface area contributed by atoms with E-state index in [0.717, 1.165) is 17.1 Å². The van der Waals surface area contributed by atoms with Gasteiger partial charge in [0.15, 0.2) is 0 Å². The maximum atomic E-state index is 2.37. The summed E-state index contributed by atoms with van der Waals surface area (Å²) in [5.74, 6) is 0.420. The van der Waals surface area contributed by atoms with Crippen molar-refractivity contribution in [1.29, 1.82) is 0 Å². The normalized spacial score (nSPS) is 13.6. The highest BCUT2D eigenvalue weighted by molar-refractivity contribution is 7.99. The van der Waals surface area contributed by atoms with Gasteiger partial charge < -0.3 is 4.90 Å². The molecule has 0 atom stereocenters. The van der Waals surface area contributed by atoms with E-state index in [1.165, 1.54) is 53.0 Å². The second-order valence-electron chi connectivity index (χ2n) is 12.1. The minimum Gasteiger partial charge on any atom is -0.311 e. The van der Waals surface area contributed by atoms with Crippen LogP contribution < -0.4 is 4.90 Å². The Morgan fingerprint density at radius 2 is 0.596 bits per heavy atom. The Morgan fingerprint density at radius 1 is 0.298 bits per heavy atom. The number of hydrogen-bond donors (Lipinski definition) is 0. The van der Waals surface area contributed by atoms with Crippen LogP contribution in [0.3, 0.4) is 0 Å². The molecule has 1 nitrogen and oxygen atoms in total. The Balaban J connectivity index is 1.10. The average molecular weight is 638 g/mol. The van der Waals surface area contributed by atoms with Crippen molar-refractivity contribution in [1.82, 2.24) is 0 Å². The second-order valence-corrected chi connectivity index (χ2v) is 14.2. The second kappa shape index (κ2) is 12.0. The van der Waals surface area contributed by atoms with Gasteiger partial charge in [-0.3, -0.25) is 0 Å². The summed E-state index contributed by atoms with van der Waals surface area (Å²) in [5, 5.41) is 0. The van der Waals surface area contributed by atoms with Gasteiger partial charge in [0.1, 0.15) is 0 Å². The molecule has 47 heavy (non-hydrogen) atoms. The van der Waals surface area contributed by atoms with Gasteiger partial charge in [0.25, 0.3) is 0 Å². The molecule has 0 aromatic heterocycles. The monoisotopic (exact) mass is 637 g/mol.